The molecule has 4 aliphatic rings. The maximum atomic E-state index is 13.7. The number of hydrogen-bond donors (Lipinski definition) is 7. The Morgan fingerprint density at radius 3 is 2.35 bits per heavy atom. The number of carbonyl (C=O) groups excluding carboxylic acids is 4. The second-order valence-electron chi connectivity index (χ2n) is 25.2. The number of aromatic hydroxyl groups is 2. The van der Waals surface area contributed by atoms with E-state index in [1.807, 2.05) is 6.07 Å². The Morgan fingerprint density at radius 2 is 1.62 bits per heavy atom. The molecule has 0 bridgehead atoms. The molecule has 4 fully saturated rings. The summed E-state index contributed by atoms with van der Waals surface area (Å²) in [6.07, 6.45) is 10.6. The lowest BCUT2D eigenvalue weighted by Crippen LogP contribution is -2.58. The minimum Gasteiger partial charge on any atom is -0.507 e. The molecule has 80 heavy (non-hydrogen) atoms. The van der Waals surface area contributed by atoms with Gasteiger partial charge in [-0.15, -0.1) is 11.3 Å². The van der Waals surface area contributed by atoms with Gasteiger partial charge in [-0.3, -0.25) is 14.4 Å². The SMILES string of the molecule is C=c1c(C)c(O)c(=C)c(C(C)(C)CC(=O)N(C)CCN(CCCCCC(=O)NCCCCC(NC(=O)CCC(C)C2CCC3C4C(O)CC5CC(O)CCC5(C)C4CCC23C)C(=O)O)C(=O)Oc2ccc3nc(C#N)sc3c2)c1O. The van der Waals surface area contributed by atoms with Crippen LogP contribution < -0.4 is 25.8 Å². The summed E-state index contributed by atoms with van der Waals surface area (Å²) in [6, 6.07) is 5.93. The number of hydrogen-bond acceptors (Lipinski definition) is 13. The van der Waals surface area contributed by atoms with Crippen molar-refractivity contribution >= 4 is 64.5 Å². The minimum absolute atomic E-state index is 0.0422. The molecule has 11 unspecified atom stereocenters. The molecule has 4 saturated carbocycles. The van der Waals surface area contributed by atoms with Gasteiger partial charge in [0.15, 0.2) is 5.01 Å². The number of nitrogens with one attached hydrogen (secondary N) is 2. The average molecular weight is 1130 g/mol. The Hall–Kier alpha value is -5.77. The molecule has 0 saturated heterocycles. The molecular weight excluding hydrogens is 1040 g/mol. The van der Waals surface area contributed by atoms with Gasteiger partial charge in [0.05, 0.1) is 22.4 Å². The fourth-order valence-electron chi connectivity index (χ4n) is 15.0. The maximum Gasteiger partial charge on any atom is 0.415 e. The van der Waals surface area contributed by atoms with Crippen LogP contribution in [0.3, 0.4) is 0 Å². The zero-order chi connectivity index (χ0) is 58.4. The summed E-state index contributed by atoms with van der Waals surface area (Å²) >= 11 is 1.18. The maximum absolute atomic E-state index is 13.7. The number of likely N-dealkylation sites (N-methyl/N-ethyl adjacent to an activating group) is 1. The van der Waals surface area contributed by atoms with Crippen molar-refractivity contribution in [2.24, 2.45) is 46.3 Å². The number of aliphatic hydroxyl groups excluding tert-OH is 2. The van der Waals surface area contributed by atoms with Crippen LogP contribution in [0, 0.1) is 64.6 Å². The van der Waals surface area contributed by atoms with Gasteiger partial charge < -0.3 is 50.7 Å². The molecule has 4 amide bonds. The van der Waals surface area contributed by atoms with E-state index >= 15 is 0 Å². The van der Waals surface area contributed by atoms with Crippen molar-refractivity contribution in [2.45, 2.75) is 181 Å². The molecule has 3 aromatic rings. The number of fused-ring (bicyclic) bond motifs is 6. The fraction of sp³-hybridized carbons (Fsp3) is 0.661. The first-order valence-corrected chi connectivity index (χ1v) is 30.0. The number of aromatic nitrogens is 1. The van der Waals surface area contributed by atoms with Gasteiger partial charge in [0.1, 0.15) is 29.4 Å². The van der Waals surface area contributed by atoms with Gasteiger partial charge in [0, 0.05) is 85.5 Å². The number of thiazole rings is 1. The van der Waals surface area contributed by atoms with Crippen LogP contribution in [0.2, 0.25) is 0 Å². The first kappa shape index (κ1) is 61.8. The second-order valence-corrected chi connectivity index (χ2v) is 26.3. The van der Waals surface area contributed by atoms with Gasteiger partial charge in [-0.05, 0) is 155 Å². The highest BCUT2D eigenvalue weighted by molar-refractivity contribution is 7.19. The lowest BCUT2D eigenvalue weighted by molar-refractivity contribution is -0.174. The number of benzene rings is 2. The number of amides is 4. The van der Waals surface area contributed by atoms with Gasteiger partial charge in [-0.2, -0.15) is 5.26 Å². The standard InChI is InChI=1S/C62H88N6O11S/c1-36(43-19-20-44-54-45(24-26-62(43,44)8)61(7)25-23-41(69)31-40(61)32-48(54)70)17-22-51(72)65-47(58(76)77)15-12-13-27-64-50(71)16-11-10-14-28-68(59(78)79-42-18-21-46-49(33-42)80-52(35-63)66-46)30-29-67(9)53(73)34-60(5,6)55-39(4)56(74)37(2)38(3)57(55)75/h18,21,33,36,40-41,43-45,47-48,54,69-70,74-75H,3-4,10-17,19-20,22-32,34H2,1-2,5-9H3,(H,64,71)(H,65,72)(H,76,77). The number of unbranched alkanes of at least 4 members (excludes halogenated alkanes) is 3. The normalized spacial score (nSPS) is 26.0. The molecule has 7 rings (SSSR count). The van der Waals surface area contributed by atoms with Gasteiger partial charge in [0.2, 0.25) is 17.7 Å². The number of nitriles is 1. The molecular formula is C62H88N6O11S. The number of phenols is 2. The molecule has 18 heteroatoms. The molecule has 1 heterocycles. The molecule has 0 spiro atoms. The van der Waals surface area contributed by atoms with Crippen molar-refractivity contribution in [3.8, 4) is 23.3 Å². The summed E-state index contributed by atoms with van der Waals surface area (Å²) in [5.74, 6) is 0.539. The summed E-state index contributed by atoms with van der Waals surface area (Å²) in [5, 5.41) is 69.6. The quantitative estimate of drug-likeness (QED) is 0.0330. The van der Waals surface area contributed by atoms with Crippen LogP contribution in [0.5, 0.6) is 17.2 Å². The van der Waals surface area contributed by atoms with Gasteiger partial charge in [-0.25, -0.2) is 14.6 Å². The molecule has 17 nitrogen and oxygen atoms in total. The van der Waals surface area contributed by atoms with Crippen LogP contribution in [-0.4, -0.2) is 122 Å². The van der Waals surface area contributed by atoms with Crippen molar-refractivity contribution in [1.29, 1.82) is 5.26 Å². The van der Waals surface area contributed by atoms with Crippen LogP contribution >= 0.6 is 11.3 Å². The van der Waals surface area contributed by atoms with E-state index in [0.717, 1.165) is 51.4 Å². The molecule has 0 radical (unpaired) electrons. The van der Waals surface area contributed by atoms with Crippen molar-refractivity contribution in [3.63, 3.8) is 0 Å². The Kier molecular flexibility index (Phi) is 20.1. The van der Waals surface area contributed by atoms with E-state index in [4.69, 9.17) is 4.74 Å². The molecule has 4 aliphatic carbocycles. The van der Waals surface area contributed by atoms with E-state index in [-0.39, 0.29) is 131 Å². The molecule has 438 valence electrons. The second kappa shape index (κ2) is 26.0. The smallest absolute Gasteiger partial charge is 0.415 e. The van der Waals surface area contributed by atoms with Crippen molar-refractivity contribution in [3.05, 3.63) is 44.8 Å². The third kappa shape index (κ3) is 13.8. The van der Waals surface area contributed by atoms with Crippen molar-refractivity contribution < 1.29 is 54.2 Å². The summed E-state index contributed by atoms with van der Waals surface area (Å²) in [5.41, 5.74) is 0.654. The monoisotopic (exact) mass is 1120 g/mol. The van der Waals surface area contributed by atoms with Crippen molar-refractivity contribution in [1.82, 2.24) is 25.4 Å². The minimum atomic E-state index is -1.09. The highest BCUT2D eigenvalue weighted by Crippen LogP contribution is 2.68. The summed E-state index contributed by atoms with van der Waals surface area (Å²) in [4.78, 5) is 73.0. The first-order chi connectivity index (χ1) is 37.8. The summed E-state index contributed by atoms with van der Waals surface area (Å²) in [7, 11) is 1.62. The van der Waals surface area contributed by atoms with E-state index < -0.39 is 23.5 Å². The van der Waals surface area contributed by atoms with Crippen LogP contribution in [0.4, 0.5) is 4.79 Å². The number of carbonyl (C=O) groups is 5. The van der Waals surface area contributed by atoms with Crippen LogP contribution in [-0.2, 0) is 24.6 Å². The highest BCUT2D eigenvalue weighted by atomic mass is 32.1. The predicted molar refractivity (Wildman–Crippen MR) is 308 cm³/mol. The summed E-state index contributed by atoms with van der Waals surface area (Å²) in [6.45, 7) is 21.0. The molecule has 1 aromatic heterocycles. The molecule has 7 N–H and O–H groups in total. The van der Waals surface area contributed by atoms with Crippen LogP contribution in [0.15, 0.2) is 18.2 Å². The van der Waals surface area contributed by atoms with Crippen LogP contribution in [0.1, 0.15) is 166 Å². The Balaban J connectivity index is 0.821. The Labute approximate surface area is 475 Å². The van der Waals surface area contributed by atoms with E-state index in [9.17, 15) is 54.8 Å². The Morgan fingerprint density at radius 1 is 0.900 bits per heavy atom. The lowest BCUT2D eigenvalue weighted by atomic mass is 9.43. The number of aliphatic hydroxyl groups is 2. The van der Waals surface area contributed by atoms with E-state index in [1.54, 1.807) is 46.0 Å². The number of ether oxygens (including phenoxy) is 1. The first-order valence-electron chi connectivity index (χ1n) is 29.2. The third-order valence-electron chi connectivity index (χ3n) is 19.7. The van der Waals surface area contributed by atoms with Crippen LogP contribution in [0.25, 0.3) is 23.4 Å². The highest BCUT2D eigenvalue weighted by Gasteiger charge is 2.63. The number of phenolic OH excluding ortho intramolecular Hbond substituents is 2. The predicted octanol–water partition coefficient (Wildman–Crippen LogP) is 8.16. The van der Waals surface area contributed by atoms with E-state index in [2.05, 4.69) is 49.5 Å². The molecule has 0 aliphatic heterocycles. The third-order valence-corrected chi connectivity index (χ3v) is 20.6. The zero-order valence-corrected chi connectivity index (χ0v) is 49.1. The van der Waals surface area contributed by atoms with Gasteiger partial charge in [-0.1, -0.05) is 54.2 Å². The van der Waals surface area contributed by atoms with Crippen molar-refractivity contribution in [2.75, 3.05) is 33.2 Å². The molecule has 2 aromatic carbocycles. The average Bonchev–Trinajstić information content (AvgIpc) is 4.11. The largest absolute Gasteiger partial charge is 0.507 e. The molecule has 11 atom stereocenters. The van der Waals surface area contributed by atoms with Gasteiger partial charge in [0.25, 0.3) is 0 Å². The number of rotatable bonds is 24. The summed E-state index contributed by atoms with van der Waals surface area (Å²) < 4.78 is 6.48. The number of aliphatic carboxylic acids is 1. The number of carboxylic acids is 1. The number of nitrogens with zero attached hydrogens (tertiary/aromatic N) is 4. The van der Waals surface area contributed by atoms with E-state index in [1.165, 1.54) is 21.1 Å². The van der Waals surface area contributed by atoms with E-state index in [0.29, 0.717) is 90.1 Å². The fourth-order valence-corrected chi connectivity index (χ4v) is 15.8. The number of carboxylic acid groups (broad SMARTS) is 1. The lowest BCUT2D eigenvalue weighted by Gasteiger charge is -2.62. The Bertz CT molecular complexity index is 2900. The topological polar surface area (TPSA) is 263 Å². The van der Waals surface area contributed by atoms with Gasteiger partial charge >= 0.3 is 12.1 Å². The zero-order valence-electron chi connectivity index (χ0n) is 48.3.